The summed E-state index contributed by atoms with van der Waals surface area (Å²) in [6.45, 7) is 0. The number of aromatic hydroxyl groups is 1. The second-order valence-electron chi connectivity index (χ2n) is 4.29. The smallest absolute Gasteiger partial charge is 0.433 e. The lowest BCUT2D eigenvalue weighted by Gasteiger charge is -2.11. The predicted molar refractivity (Wildman–Crippen MR) is 69.7 cm³/mol. The second-order valence-corrected chi connectivity index (χ2v) is 4.29. The van der Waals surface area contributed by atoms with E-state index in [-0.39, 0.29) is 16.7 Å². The van der Waals surface area contributed by atoms with Gasteiger partial charge < -0.3 is 19.5 Å². The number of halogens is 3. The maximum absolute atomic E-state index is 12.6. The van der Waals surface area contributed by atoms with Crippen molar-refractivity contribution in [1.29, 1.82) is 0 Å². The maximum Gasteiger partial charge on any atom is 0.433 e. The Hall–Kier alpha value is -2.71. The third-order valence-electron chi connectivity index (χ3n) is 2.88. The van der Waals surface area contributed by atoms with Gasteiger partial charge in [-0.1, -0.05) is 5.16 Å². The lowest BCUT2D eigenvalue weighted by Crippen LogP contribution is -2.26. The summed E-state index contributed by atoms with van der Waals surface area (Å²) < 4.78 is 47.9. The molecule has 2 rings (SSSR count). The van der Waals surface area contributed by atoms with Gasteiger partial charge in [0, 0.05) is 6.07 Å². The fraction of sp³-hybridized carbons (Fsp3) is 0.231. The van der Waals surface area contributed by atoms with Gasteiger partial charge in [0.15, 0.2) is 11.5 Å². The largest absolute Gasteiger partial charge is 0.508 e. The quantitative estimate of drug-likeness (QED) is 0.515. The molecule has 1 heterocycles. The van der Waals surface area contributed by atoms with Crippen molar-refractivity contribution in [2.24, 2.45) is 5.16 Å². The molecule has 118 valence electrons. The van der Waals surface area contributed by atoms with Crippen molar-refractivity contribution in [3.05, 3.63) is 34.2 Å². The fourth-order valence-electron chi connectivity index (χ4n) is 1.88. The molecule has 0 saturated heterocycles. The van der Waals surface area contributed by atoms with Gasteiger partial charge in [-0.25, -0.2) is 0 Å². The molecule has 0 aliphatic rings. The molecule has 0 aliphatic carbocycles. The molecule has 0 spiro atoms. The molecule has 0 saturated carbocycles. The molecule has 0 fully saturated rings. The minimum Gasteiger partial charge on any atom is -0.508 e. The van der Waals surface area contributed by atoms with E-state index in [0.717, 1.165) is 13.2 Å². The van der Waals surface area contributed by atoms with Crippen LogP contribution in [0.3, 0.4) is 0 Å². The third kappa shape index (κ3) is 2.83. The fourth-order valence-corrected chi connectivity index (χ4v) is 1.88. The van der Waals surface area contributed by atoms with Crippen molar-refractivity contribution < 1.29 is 32.6 Å². The van der Waals surface area contributed by atoms with Crippen molar-refractivity contribution in [3.63, 3.8) is 0 Å². The lowest BCUT2D eigenvalue weighted by atomic mass is 10.1. The van der Waals surface area contributed by atoms with E-state index >= 15 is 0 Å². The van der Waals surface area contributed by atoms with E-state index < -0.39 is 35.2 Å². The van der Waals surface area contributed by atoms with Crippen LogP contribution in [-0.2, 0) is 6.42 Å². The zero-order chi connectivity index (χ0) is 16.5. The van der Waals surface area contributed by atoms with E-state index in [0.29, 0.717) is 0 Å². The van der Waals surface area contributed by atoms with Gasteiger partial charge >= 0.3 is 6.18 Å². The molecule has 6 nitrogen and oxygen atoms in total. The molecule has 2 aromatic rings. The molecule has 0 aliphatic heterocycles. The highest BCUT2D eigenvalue weighted by molar-refractivity contribution is 5.91. The van der Waals surface area contributed by atoms with E-state index in [2.05, 4.69) is 5.16 Å². The summed E-state index contributed by atoms with van der Waals surface area (Å²) in [5.74, 6) is -1.11. The molecular weight excluding hydrogens is 307 g/mol. The summed E-state index contributed by atoms with van der Waals surface area (Å²) in [4.78, 5) is 12.2. The van der Waals surface area contributed by atoms with Crippen LogP contribution in [-0.4, -0.2) is 29.3 Å². The SMILES string of the molecule is COc1c(C/C(=N/O)C(F)(F)F)oc2cc(O)ccc2c1=O. The highest BCUT2D eigenvalue weighted by Gasteiger charge is 2.38. The average molecular weight is 317 g/mol. The van der Waals surface area contributed by atoms with Crippen LogP contribution in [0.1, 0.15) is 5.76 Å². The Bertz CT molecular complexity index is 795. The van der Waals surface area contributed by atoms with Crippen molar-refractivity contribution >= 4 is 16.7 Å². The van der Waals surface area contributed by atoms with Gasteiger partial charge in [-0.15, -0.1) is 0 Å². The summed E-state index contributed by atoms with van der Waals surface area (Å²) in [5.41, 5.74) is -2.35. The third-order valence-corrected chi connectivity index (χ3v) is 2.88. The molecular formula is C13H10F3NO5. The van der Waals surface area contributed by atoms with Crippen LogP contribution in [0, 0.1) is 0 Å². The molecule has 1 aromatic carbocycles. The van der Waals surface area contributed by atoms with Gasteiger partial charge in [0.1, 0.15) is 11.3 Å². The Morgan fingerprint density at radius 1 is 1.41 bits per heavy atom. The topological polar surface area (TPSA) is 92.3 Å². The van der Waals surface area contributed by atoms with E-state index in [1.165, 1.54) is 12.1 Å². The molecule has 0 bridgehead atoms. The van der Waals surface area contributed by atoms with Gasteiger partial charge in [0.2, 0.25) is 11.2 Å². The first-order valence-corrected chi connectivity index (χ1v) is 5.88. The highest BCUT2D eigenvalue weighted by atomic mass is 19.4. The molecule has 9 heteroatoms. The van der Waals surface area contributed by atoms with Crippen molar-refractivity contribution in [2.45, 2.75) is 12.6 Å². The number of fused-ring (bicyclic) bond motifs is 1. The first kappa shape index (κ1) is 15.7. The number of rotatable bonds is 3. The van der Waals surface area contributed by atoms with E-state index in [1.54, 1.807) is 0 Å². The normalized spacial score (nSPS) is 12.6. The lowest BCUT2D eigenvalue weighted by molar-refractivity contribution is -0.0625. The summed E-state index contributed by atoms with van der Waals surface area (Å²) in [6, 6.07) is 3.57. The highest BCUT2D eigenvalue weighted by Crippen LogP contribution is 2.27. The number of oxime groups is 1. The van der Waals surface area contributed by atoms with E-state index in [4.69, 9.17) is 14.4 Å². The van der Waals surface area contributed by atoms with Crippen LogP contribution in [0.15, 0.2) is 32.6 Å². The average Bonchev–Trinajstić information content (AvgIpc) is 2.43. The van der Waals surface area contributed by atoms with Gasteiger partial charge in [-0.05, 0) is 12.1 Å². The number of hydrogen-bond donors (Lipinski definition) is 2. The molecule has 2 N–H and O–H groups in total. The molecule has 1 aromatic heterocycles. The van der Waals surface area contributed by atoms with Crippen LogP contribution in [0.25, 0.3) is 11.0 Å². The summed E-state index contributed by atoms with van der Waals surface area (Å²) in [5, 5.41) is 20.1. The van der Waals surface area contributed by atoms with Crippen molar-refractivity contribution in [2.75, 3.05) is 7.11 Å². The number of phenols is 1. The van der Waals surface area contributed by atoms with Crippen molar-refractivity contribution in [3.8, 4) is 11.5 Å². The Morgan fingerprint density at radius 2 is 2.09 bits per heavy atom. The number of hydrogen-bond acceptors (Lipinski definition) is 6. The predicted octanol–water partition coefficient (Wildman–Crippen LogP) is 2.44. The van der Waals surface area contributed by atoms with Crippen LogP contribution in [0.5, 0.6) is 11.5 Å². The second kappa shape index (κ2) is 5.58. The Morgan fingerprint density at radius 3 is 2.64 bits per heavy atom. The maximum atomic E-state index is 12.6. The summed E-state index contributed by atoms with van der Waals surface area (Å²) >= 11 is 0. The summed E-state index contributed by atoms with van der Waals surface area (Å²) in [7, 11) is 1.10. The van der Waals surface area contributed by atoms with Crippen LogP contribution >= 0.6 is 0 Å². The first-order valence-electron chi connectivity index (χ1n) is 5.88. The Kier molecular flexibility index (Phi) is 3.98. The van der Waals surface area contributed by atoms with E-state index in [9.17, 15) is 23.1 Å². The number of ether oxygens (including phenoxy) is 1. The van der Waals surface area contributed by atoms with Gasteiger partial charge in [0.25, 0.3) is 0 Å². The number of methoxy groups -OCH3 is 1. The Balaban J connectivity index is 2.65. The van der Waals surface area contributed by atoms with E-state index in [1.807, 2.05) is 0 Å². The first-order chi connectivity index (χ1) is 10.3. The molecule has 0 unspecified atom stereocenters. The molecule has 0 atom stereocenters. The molecule has 0 radical (unpaired) electrons. The van der Waals surface area contributed by atoms with Crippen LogP contribution in [0.2, 0.25) is 0 Å². The minimum atomic E-state index is -4.90. The van der Waals surface area contributed by atoms with Crippen LogP contribution < -0.4 is 10.2 Å². The summed E-state index contributed by atoms with van der Waals surface area (Å²) in [6.07, 6.45) is -5.89. The zero-order valence-electron chi connectivity index (χ0n) is 11.1. The number of alkyl halides is 3. The van der Waals surface area contributed by atoms with Gasteiger partial charge in [0.05, 0.1) is 18.9 Å². The molecule has 22 heavy (non-hydrogen) atoms. The number of nitrogens with zero attached hydrogens (tertiary/aromatic N) is 1. The van der Waals surface area contributed by atoms with Crippen LogP contribution in [0.4, 0.5) is 13.2 Å². The standard InChI is InChI=1S/C13H10F3NO5/c1-21-12-9(5-10(17-20)13(14,15)16)22-8-4-6(18)2-3-7(8)11(12)19/h2-4,18,20H,5H2,1H3/b17-10-. The molecule has 0 amide bonds. The number of benzene rings is 1. The number of phenolic OH excluding ortho intramolecular Hbond substituents is 1. The minimum absolute atomic E-state index is 0.0351. The van der Waals surface area contributed by atoms with Crippen molar-refractivity contribution in [1.82, 2.24) is 0 Å². The zero-order valence-corrected chi connectivity index (χ0v) is 11.1. The van der Waals surface area contributed by atoms with Gasteiger partial charge in [-0.2, -0.15) is 13.2 Å². The monoisotopic (exact) mass is 317 g/mol. The van der Waals surface area contributed by atoms with Gasteiger partial charge in [-0.3, -0.25) is 4.79 Å². The Labute approximate surface area is 121 Å².